The molecule has 5 rings (SSSR count). The summed E-state index contributed by atoms with van der Waals surface area (Å²) in [6, 6.07) is 21.2. The average molecular weight is 723 g/mol. The van der Waals surface area contributed by atoms with E-state index >= 15 is 0 Å². The molecule has 1 aliphatic rings. The third-order valence-electron chi connectivity index (χ3n) is 8.35. The molecule has 1 aliphatic heterocycles. The summed E-state index contributed by atoms with van der Waals surface area (Å²) in [4.78, 5) is 28.9. The second-order valence-electron chi connectivity index (χ2n) is 11.3. The topological polar surface area (TPSA) is 114 Å². The molecule has 4 aromatic rings. The number of nitrogens with one attached hydrogen (secondary N) is 1. The van der Waals surface area contributed by atoms with Crippen LogP contribution in [0.4, 0.5) is 0 Å². The molecule has 0 aliphatic carbocycles. The Hall–Kier alpha value is -3.05. The lowest BCUT2D eigenvalue weighted by Crippen LogP contribution is -2.51. The molecule has 0 atom stereocenters. The summed E-state index contributed by atoms with van der Waals surface area (Å²) >= 11 is 25.2. The van der Waals surface area contributed by atoms with Crippen molar-refractivity contribution < 1.29 is 18.0 Å². The van der Waals surface area contributed by atoms with Gasteiger partial charge >= 0.3 is 0 Å². The molecule has 242 valence electrons. The quantitative estimate of drug-likeness (QED) is 0.174. The van der Waals surface area contributed by atoms with Crippen LogP contribution in [0, 0.1) is 0 Å². The maximum atomic E-state index is 14.4. The number of carbonyl (C=O) groups excluding carboxylic acids is 2. The molecule has 1 aromatic heterocycles. The van der Waals surface area contributed by atoms with Crippen molar-refractivity contribution in [1.82, 2.24) is 14.2 Å². The molecule has 0 spiro atoms. The molecule has 2 amide bonds. The molecular formula is C33H32Cl4N4O4S. The van der Waals surface area contributed by atoms with Crippen LogP contribution in [0.5, 0.6) is 0 Å². The second-order valence-corrected chi connectivity index (χ2v) is 14.9. The first-order valence-corrected chi connectivity index (χ1v) is 18.0. The number of amides is 2. The monoisotopic (exact) mass is 720 g/mol. The first-order valence-electron chi connectivity index (χ1n) is 14.5. The summed E-state index contributed by atoms with van der Waals surface area (Å²) in [7, 11) is -3.40. The van der Waals surface area contributed by atoms with Gasteiger partial charge in [-0.05, 0) is 91.9 Å². The van der Waals surface area contributed by atoms with E-state index in [9.17, 15) is 18.0 Å². The maximum Gasteiger partial charge on any atom is 0.255 e. The van der Waals surface area contributed by atoms with E-state index in [1.165, 1.54) is 0 Å². The molecule has 8 nitrogen and oxygen atoms in total. The van der Waals surface area contributed by atoms with Gasteiger partial charge in [0.05, 0.1) is 28.0 Å². The minimum atomic E-state index is -3.40. The van der Waals surface area contributed by atoms with Gasteiger partial charge in [-0.15, -0.1) is 0 Å². The summed E-state index contributed by atoms with van der Waals surface area (Å²) in [5.41, 5.74) is 8.96. The minimum Gasteiger partial charge on any atom is -0.369 e. The number of sulfonamides is 1. The van der Waals surface area contributed by atoms with Crippen molar-refractivity contribution in [3.8, 4) is 16.9 Å². The van der Waals surface area contributed by atoms with Crippen LogP contribution in [0.1, 0.15) is 40.9 Å². The standard InChI is InChI=1S/C33H32Cl4N4O4S/c1-46(44,45)39-16-2-3-29-27(31(42)40-17-14-33(15-18-40,32(38)43)21-4-6-22(34)7-5-21)20-30(26-13-10-24(36)19-28(26)37)41(29)25-11-8-23(35)9-12-25/h4-13,19-20,39H,2-3,14-18H2,1H3,(H2,38,43). The zero-order valence-corrected chi connectivity index (χ0v) is 28.7. The predicted molar refractivity (Wildman–Crippen MR) is 185 cm³/mol. The van der Waals surface area contributed by atoms with Crippen LogP contribution in [0.25, 0.3) is 16.9 Å². The van der Waals surface area contributed by atoms with Crippen LogP contribution in [-0.2, 0) is 26.7 Å². The fourth-order valence-electron chi connectivity index (χ4n) is 5.98. The Morgan fingerprint density at radius 1 is 0.870 bits per heavy atom. The van der Waals surface area contributed by atoms with Gasteiger partial charge in [-0.2, -0.15) is 0 Å². The number of halogens is 4. The number of rotatable bonds is 10. The normalized spacial score (nSPS) is 14.8. The van der Waals surface area contributed by atoms with E-state index < -0.39 is 21.3 Å². The van der Waals surface area contributed by atoms with E-state index in [0.29, 0.717) is 81.4 Å². The Morgan fingerprint density at radius 2 is 1.46 bits per heavy atom. The number of nitrogens with two attached hydrogens (primary N) is 1. The predicted octanol–water partition coefficient (Wildman–Crippen LogP) is 6.90. The van der Waals surface area contributed by atoms with Gasteiger partial charge in [0, 0.05) is 51.6 Å². The van der Waals surface area contributed by atoms with E-state index in [4.69, 9.17) is 52.1 Å². The molecule has 3 aromatic carbocycles. The number of primary amides is 1. The van der Waals surface area contributed by atoms with Crippen LogP contribution in [-0.4, -0.2) is 55.6 Å². The lowest BCUT2D eigenvalue weighted by Gasteiger charge is -2.40. The number of aromatic nitrogens is 1. The van der Waals surface area contributed by atoms with Gasteiger partial charge in [-0.25, -0.2) is 13.1 Å². The molecule has 0 bridgehead atoms. The fraction of sp³-hybridized carbons (Fsp3) is 0.273. The lowest BCUT2D eigenvalue weighted by molar-refractivity contribution is -0.125. The van der Waals surface area contributed by atoms with Crippen molar-refractivity contribution in [3.63, 3.8) is 0 Å². The van der Waals surface area contributed by atoms with Crippen molar-refractivity contribution >= 4 is 68.2 Å². The SMILES string of the molecule is CS(=O)(=O)NCCCc1c(C(=O)N2CCC(C(N)=O)(c3ccc(Cl)cc3)CC2)cc(-c2ccc(Cl)cc2Cl)n1-c1ccc(Cl)cc1. The average Bonchev–Trinajstić information content (AvgIpc) is 3.38. The Morgan fingerprint density at radius 3 is 2.02 bits per heavy atom. The van der Waals surface area contributed by atoms with Gasteiger partial charge in [0.25, 0.3) is 5.91 Å². The highest BCUT2D eigenvalue weighted by atomic mass is 35.5. The van der Waals surface area contributed by atoms with Gasteiger partial charge in [-0.3, -0.25) is 9.59 Å². The van der Waals surface area contributed by atoms with Gasteiger partial charge in [0.1, 0.15) is 0 Å². The molecule has 2 heterocycles. The van der Waals surface area contributed by atoms with Gasteiger partial charge in [0.15, 0.2) is 0 Å². The number of carbonyl (C=O) groups is 2. The summed E-state index contributed by atoms with van der Waals surface area (Å²) in [5, 5.41) is 1.96. The molecule has 13 heteroatoms. The molecule has 0 unspecified atom stereocenters. The van der Waals surface area contributed by atoms with Crippen LogP contribution in [0.3, 0.4) is 0 Å². The van der Waals surface area contributed by atoms with E-state index in [1.54, 1.807) is 53.4 Å². The molecule has 0 radical (unpaired) electrons. The fourth-order valence-corrected chi connectivity index (χ4v) is 7.26. The summed E-state index contributed by atoms with van der Waals surface area (Å²) in [5.74, 6) is -0.672. The largest absolute Gasteiger partial charge is 0.369 e. The molecule has 3 N–H and O–H groups in total. The third-order valence-corrected chi connectivity index (χ3v) is 10.1. The van der Waals surface area contributed by atoms with Gasteiger partial charge in [0.2, 0.25) is 15.9 Å². The van der Waals surface area contributed by atoms with Crippen LogP contribution in [0.2, 0.25) is 20.1 Å². The number of hydrogen-bond donors (Lipinski definition) is 2. The lowest BCUT2D eigenvalue weighted by atomic mass is 9.72. The molecule has 46 heavy (non-hydrogen) atoms. The van der Waals surface area contributed by atoms with Gasteiger partial charge in [-0.1, -0.05) is 58.5 Å². The summed E-state index contributed by atoms with van der Waals surface area (Å²) < 4.78 is 28.0. The Bertz CT molecular complexity index is 1870. The van der Waals surface area contributed by atoms with E-state index in [1.807, 2.05) is 28.8 Å². The highest BCUT2D eigenvalue weighted by Gasteiger charge is 2.43. The maximum absolute atomic E-state index is 14.4. The van der Waals surface area contributed by atoms with Crippen LogP contribution >= 0.6 is 46.4 Å². The number of benzene rings is 3. The highest BCUT2D eigenvalue weighted by Crippen LogP contribution is 2.39. The number of nitrogens with zero attached hydrogens (tertiary/aromatic N) is 2. The van der Waals surface area contributed by atoms with E-state index in [2.05, 4.69) is 4.72 Å². The van der Waals surface area contributed by atoms with Crippen molar-refractivity contribution in [2.75, 3.05) is 25.9 Å². The van der Waals surface area contributed by atoms with Crippen molar-refractivity contribution in [1.29, 1.82) is 0 Å². The number of piperidine rings is 1. The smallest absolute Gasteiger partial charge is 0.255 e. The second kappa shape index (κ2) is 14.0. The first-order chi connectivity index (χ1) is 21.8. The van der Waals surface area contributed by atoms with Crippen molar-refractivity contribution in [3.05, 3.63) is 110 Å². The van der Waals surface area contributed by atoms with Crippen LogP contribution in [0.15, 0.2) is 72.8 Å². The van der Waals surface area contributed by atoms with E-state index in [-0.39, 0.29) is 12.5 Å². The molecule has 1 fully saturated rings. The zero-order valence-electron chi connectivity index (χ0n) is 24.9. The Balaban J connectivity index is 1.57. The summed E-state index contributed by atoms with van der Waals surface area (Å²) in [6.45, 7) is 0.770. The van der Waals surface area contributed by atoms with Crippen molar-refractivity contribution in [2.24, 2.45) is 5.73 Å². The number of likely N-dealkylation sites (tertiary alicyclic amines) is 1. The summed E-state index contributed by atoms with van der Waals surface area (Å²) in [6.07, 6.45) is 2.57. The number of hydrogen-bond acceptors (Lipinski definition) is 4. The zero-order chi connectivity index (χ0) is 33.2. The molecule has 1 saturated heterocycles. The van der Waals surface area contributed by atoms with Crippen LogP contribution < -0.4 is 10.5 Å². The highest BCUT2D eigenvalue weighted by molar-refractivity contribution is 7.88. The molecule has 0 saturated carbocycles. The first kappa shape index (κ1) is 34.3. The van der Waals surface area contributed by atoms with Crippen molar-refractivity contribution in [2.45, 2.75) is 31.1 Å². The minimum absolute atomic E-state index is 0.182. The Kier molecular flexibility index (Phi) is 10.4. The molecular weight excluding hydrogens is 690 g/mol. The van der Waals surface area contributed by atoms with E-state index in [0.717, 1.165) is 17.5 Å². The third kappa shape index (κ3) is 7.40. The Labute approximate surface area is 288 Å². The van der Waals surface area contributed by atoms with Gasteiger partial charge < -0.3 is 15.2 Å².